The number of hydrogen-bond acceptors (Lipinski definition) is 5. The lowest BCUT2D eigenvalue weighted by Gasteiger charge is -2.15. The van der Waals surface area contributed by atoms with Crippen molar-refractivity contribution in [3.8, 4) is 51.3 Å². The summed E-state index contributed by atoms with van der Waals surface area (Å²) in [4.78, 5) is 20.6. The Labute approximate surface area is 309 Å². The van der Waals surface area contributed by atoms with Gasteiger partial charge >= 0.3 is 0 Å². The summed E-state index contributed by atoms with van der Waals surface area (Å²) in [6.07, 6.45) is 0. The highest BCUT2D eigenvalue weighted by Crippen LogP contribution is 2.41. The Kier molecular flexibility index (Phi) is 6.75. The van der Waals surface area contributed by atoms with Crippen LogP contribution >= 0.6 is 0 Å². The fourth-order valence-electron chi connectivity index (χ4n) is 7.80. The van der Waals surface area contributed by atoms with Crippen LogP contribution in [0.2, 0.25) is 0 Å². The zero-order chi connectivity index (χ0) is 35.6. The van der Waals surface area contributed by atoms with Crippen molar-refractivity contribution >= 4 is 54.5 Å². The number of oxazole rings is 1. The van der Waals surface area contributed by atoms with E-state index in [1.54, 1.807) is 0 Å². The van der Waals surface area contributed by atoms with Crippen LogP contribution in [0.5, 0.6) is 0 Å². The molecular weight excluding hydrogens is 663 g/mol. The second-order valence-electron chi connectivity index (χ2n) is 13.4. The summed E-state index contributed by atoms with van der Waals surface area (Å²) in [5, 5.41) is 6.72. The Morgan fingerprint density at radius 2 is 0.852 bits per heavy atom. The first kappa shape index (κ1) is 30.2. The molecule has 0 atom stereocenters. The third-order valence-electron chi connectivity index (χ3n) is 10.3. The van der Waals surface area contributed by atoms with Gasteiger partial charge in [-0.2, -0.15) is 0 Å². The second-order valence-corrected chi connectivity index (χ2v) is 13.4. The third-order valence-corrected chi connectivity index (χ3v) is 10.3. The number of nitrogens with zero attached hydrogens (tertiary/aromatic N) is 5. The van der Waals surface area contributed by atoms with Gasteiger partial charge in [-0.3, -0.25) is 0 Å². The zero-order valence-electron chi connectivity index (χ0n) is 28.9. The van der Waals surface area contributed by atoms with E-state index < -0.39 is 0 Å². The SMILES string of the molecule is c1ccc(-c2nc(-c3ccccc3)nc(-c3cc(-c4nc5c6ccccc6c6ccccc6c5o4)ccc3-n3c4ccccc4c4ccccc43)n2)cc1. The number of para-hydroxylation sites is 2. The molecule has 0 spiro atoms. The molecule has 3 aromatic heterocycles. The molecule has 11 rings (SSSR count). The van der Waals surface area contributed by atoms with E-state index in [9.17, 15) is 0 Å². The van der Waals surface area contributed by atoms with E-state index in [-0.39, 0.29) is 0 Å². The monoisotopic (exact) mass is 691 g/mol. The molecule has 0 fully saturated rings. The van der Waals surface area contributed by atoms with Crippen LogP contribution in [0.25, 0.3) is 106 Å². The lowest BCUT2D eigenvalue weighted by Crippen LogP contribution is -2.04. The largest absolute Gasteiger partial charge is 0.435 e. The highest BCUT2D eigenvalue weighted by molar-refractivity contribution is 6.22. The van der Waals surface area contributed by atoms with E-state index in [4.69, 9.17) is 24.4 Å². The predicted molar refractivity (Wildman–Crippen MR) is 218 cm³/mol. The maximum atomic E-state index is 6.75. The minimum absolute atomic E-state index is 0.530. The molecule has 3 heterocycles. The smallest absolute Gasteiger partial charge is 0.227 e. The Bertz CT molecular complexity index is 3040. The molecular formula is C48H29N5O. The van der Waals surface area contributed by atoms with Crippen molar-refractivity contribution in [2.45, 2.75) is 0 Å². The third kappa shape index (κ3) is 4.74. The minimum atomic E-state index is 0.530. The second kappa shape index (κ2) is 12.1. The topological polar surface area (TPSA) is 69.6 Å². The van der Waals surface area contributed by atoms with Crippen LogP contribution in [0.4, 0.5) is 0 Å². The summed E-state index contributed by atoms with van der Waals surface area (Å²) in [5.41, 5.74) is 8.19. The van der Waals surface area contributed by atoms with E-state index in [0.717, 1.165) is 71.6 Å². The van der Waals surface area contributed by atoms with Crippen LogP contribution in [0.3, 0.4) is 0 Å². The molecule has 0 bridgehead atoms. The molecule has 54 heavy (non-hydrogen) atoms. The highest BCUT2D eigenvalue weighted by Gasteiger charge is 2.22. The molecule has 0 radical (unpaired) electrons. The Hall–Kier alpha value is -7.44. The molecule has 252 valence electrons. The van der Waals surface area contributed by atoms with Gasteiger partial charge < -0.3 is 8.98 Å². The van der Waals surface area contributed by atoms with Gasteiger partial charge in [0.15, 0.2) is 23.1 Å². The summed E-state index contributed by atoms with van der Waals surface area (Å²) in [5.74, 6) is 2.27. The molecule has 0 aliphatic carbocycles. The van der Waals surface area contributed by atoms with E-state index in [1.165, 1.54) is 10.8 Å². The van der Waals surface area contributed by atoms with Crippen molar-refractivity contribution in [1.29, 1.82) is 0 Å². The number of aromatic nitrogens is 5. The first-order valence-electron chi connectivity index (χ1n) is 18.0. The van der Waals surface area contributed by atoms with E-state index in [1.807, 2.05) is 66.7 Å². The quantitative estimate of drug-likeness (QED) is 0.168. The van der Waals surface area contributed by atoms with Gasteiger partial charge in [0.05, 0.1) is 16.7 Å². The molecule has 0 amide bonds. The van der Waals surface area contributed by atoms with Gasteiger partial charge in [0, 0.05) is 43.8 Å². The predicted octanol–water partition coefficient (Wildman–Crippen LogP) is 12.1. The van der Waals surface area contributed by atoms with Gasteiger partial charge in [0.2, 0.25) is 5.89 Å². The van der Waals surface area contributed by atoms with Crippen LogP contribution in [-0.4, -0.2) is 24.5 Å². The van der Waals surface area contributed by atoms with Crippen molar-refractivity contribution in [3.05, 3.63) is 176 Å². The number of hydrogen-bond donors (Lipinski definition) is 0. The van der Waals surface area contributed by atoms with E-state index in [0.29, 0.717) is 23.4 Å². The summed E-state index contributed by atoms with van der Waals surface area (Å²) in [7, 11) is 0. The Morgan fingerprint density at radius 3 is 1.46 bits per heavy atom. The first-order chi connectivity index (χ1) is 26.8. The van der Waals surface area contributed by atoms with Gasteiger partial charge in [-0.05, 0) is 41.1 Å². The Morgan fingerprint density at radius 1 is 0.370 bits per heavy atom. The zero-order valence-corrected chi connectivity index (χ0v) is 28.9. The van der Waals surface area contributed by atoms with Gasteiger partial charge in [-0.1, -0.05) is 146 Å². The number of benzene rings is 8. The number of fused-ring (bicyclic) bond motifs is 9. The first-order valence-corrected chi connectivity index (χ1v) is 18.0. The minimum Gasteiger partial charge on any atom is -0.435 e. The van der Waals surface area contributed by atoms with Crippen molar-refractivity contribution in [3.63, 3.8) is 0 Å². The average molecular weight is 692 g/mol. The van der Waals surface area contributed by atoms with E-state index >= 15 is 0 Å². The standard InChI is InChI=1S/C48H29N5O/c1-3-15-30(16-4-1)45-50-46(31-17-5-2-6-18-31)52-47(51-45)39-29-32(27-28-42(39)53-40-25-13-11-21-35(40)36-22-12-14-26-41(36)53)48-49-43-37-23-9-7-19-33(37)34-20-8-10-24-38(34)44(43)54-48/h1-29H. The molecule has 11 aromatic rings. The maximum Gasteiger partial charge on any atom is 0.227 e. The van der Waals surface area contributed by atoms with Crippen molar-refractivity contribution in [1.82, 2.24) is 24.5 Å². The van der Waals surface area contributed by atoms with Gasteiger partial charge in [0.25, 0.3) is 0 Å². The summed E-state index contributed by atoms with van der Waals surface area (Å²) in [6.45, 7) is 0. The van der Waals surface area contributed by atoms with Crippen LogP contribution in [0.1, 0.15) is 0 Å². The summed E-state index contributed by atoms with van der Waals surface area (Å²) in [6, 6.07) is 60.3. The van der Waals surface area contributed by atoms with Gasteiger partial charge in [0.1, 0.15) is 5.52 Å². The lowest BCUT2D eigenvalue weighted by atomic mass is 10.0. The van der Waals surface area contributed by atoms with Crippen LogP contribution in [-0.2, 0) is 0 Å². The normalized spacial score (nSPS) is 11.7. The van der Waals surface area contributed by atoms with Crippen LogP contribution in [0, 0.1) is 0 Å². The molecule has 0 saturated heterocycles. The summed E-state index contributed by atoms with van der Waals surface area (Å²) >= 11 is 0. The van der Waals surface area contributed by atoms with Crippen molar-refractivity contribution in [2.24, 2.45) is 0 Å². The van der Waals surface area contributed by atoms with E-state index in [2.05, 4.69) is 114 Å². The Balaban J connectivity index is 1.22. The molecule has 0 aliphatic heterocycles. The molecule has 0 unspecified atom stereocenters. The van der Waals surface area contributed by atoms with Crippen LogP contribution in [0.15, 0.2) is 180 Å². The fraction of sp³-hybridized carbons (Fsp3) is 0. The molecule has 8 aromatic carbocycles. The molecule has 0 saturated carbocycles. The average Bonchev–Trinajstić information content (AvgIpc) is 3.85. The summed E-state index contributed by atoms with van der Waals surface area (Å²) < 4.78 is 9.06. The molecule has 0 aliphatic rings. The number of rotatable bonds is 5. The molecule has 6 heteroatoms. The van der Waals surface area contributed by atoms with Crippen molar-refractivity contribution < 1.29 is 4.42 Å². The van der Waals surface area contributed by atoms with Crippen LogP contribution < -0.4 is 0 Å². The fourth-order valence-corrected chi connectivity index (χ4v) is 7.80. The van der Waals surface area contributed by atoms with Gasteiger partial charge in [-0.25, -0.2) is 19.9 Å². The van der Waals surface area contributed by atoms with Gasteiger partial charge in [-0.15, -0.1) is 0 Å². The molecule has 0 N–H and O–H groups in total. The maximum absolute atomic E-state index is 6.75. The highest BCUT2D eigenvalue weighted by atomic mass is 16.3. The molecule has 6 nitrogen and oxygen atoms in total. The van der Waals surface area contributed by atoms with Crippen molar-refractivity contribution in [2.75, 3.05) is 0 Å². The lowest BCUT2D eigenvalue weighted by molar-refractivity contribution is 0.623.